The zero-order valence-electron chi connectivity index (χ0n) is 15.2. The van der Waals surface area contributed by atoms with Crippen molar-refractivity contribution in [1.29, 1.82) is 0 Å². The van der Waals surface area contributed by atoms with E-state index < -0.39 is 0 Å². The van der Waals surface area contributed by atoms with Gasteiger partial charge in [-0.15, -0.1) is 0 Å². The second kappa shape index (κ2) is 8.39. The Hall–Kier alpha value is -2.01. The molecular weight excluding hydrogens is 314 g/mol. The van der Waals surface area contributed by atoms with Crippen LogP contribution in [-0.4, -0.2) is 60.1 Å². The molecule has 1 amide bonds. The fourth-order valence-corrected chi connectivity index (χ4v) is 3.76. The molecule has 0 aromatic heterocycles. The van der Waals surface area contributed by atoms with Crippen molar-refractivity contribution in [2.45, 2.75) is 32.6 Å². The Morgan fingerprint density at radius 3 is 2.56 bits per heavy atom. The van der Waals surface area contributed by atoms with Crippen molar-refractivity contribution in [2.75, 3.05) is 44.2 Å². The Balaban J connectivity index is 1.54. The van der Waals surface area contributed by atoms with E-state index in [4.69, 9.17) is 0 Å². The lowest BCUT2D eigenvalue weighted by Crippen LogP contribution is -2.50. The number of para-hydroxylation sites is 2. The fourth-order valence-electron chi connectivity index (χ4n) is 3.76. The van der Waals surface area contributed by atoms with Gasteiger partial charge in [-0.05, 0) is 44.7 Å². The number of carbonyl (C=O) groups is 1. The highest BCUT2D eigenvalue weighted by Gasteiger charge is 2.24. The maximum absolute atomic E-state index is 12.7. The van der Waals surface area contributed by atoms with Crippen LogP contribution in [0.4, 0.5) is 5.69 Å². The van der Waals surface area contributed by atoms with Crippen LogP contribution < -0.4 is 4.90 Å². The lowest BCUT2D eigenvalue weighted by Gasteiger charge is -2.37. The van der Waals surface area contributed by atoms with Crippen molar-refractivity contribution in [3.05, 3.63) is 36.0 Å². The Labute approximate surface area is 150 Å². The van der Waals surface area contributed by atoms with Crippen LogP contribution in [0.2, 0.25) is 0 Å². The van der Waals surface area contributed by atoms with E-state index in [9.17, 15) is 9.90 Å². The fraction of sp³-hybridized carbons (Fsp3) is 0.550. The molecular formula is C20H29N3O2. The molecule has 1 aliphatic heterocycles. The predicted molar refractivity (Wildman–Crippen MR) is 101 cm³/mol. The van der Waals surface area contributed by atoms with E-state index in [1.165, 1.54) is 18.5 Å². The number of aromatic hydroxyl groups is 1. The van der Waals surface area contributed by atoms with E-state index in [2.05, 4.69) is 22.8 Å². The van der Waals surface area contributed by atoms with Crippen LogP contribution in [-0.2, 0) is 4.79 Å². The average Bonchev–Trinajstić information content (AvgIpc) is 2.64. The van der Waals surface area contributed by atoms with E-state index in [1.807, 2.05) is 23.1 Å². The minimum absolute atomic E-state index is 0.214. The number of allylic oxidation sites excluding steroid dienone is 2. The Bertz CT molecular complexity index is 621. The standard InChI is InChI=1S/C20H29N3O2/c1-2-23(17-8-4-3-5-9-17)20(25)16-21-12-14-22(15-13-21)18-10-6-7-11-19(18)24/h6-8,10-11,24H,2-5,9,12-16H2,1H3. The van der Waals surface area contributed by atoms with Gasteiger partial charge in [0.25, 0.3) is 0 Å². The van der Waals surface area contributed by atoms with Crippen molar-refractivity contribution >= 4 is 11.6 Å². The normalized spacial score (nSPS) is 18.8. The number of phenols is 1. The number of amides is 1. The van der Waals surface area contributed by atoms with Crippen molar-refractivity contribution in [1.82, 2.24) is 9.80 Å². The molecule has 0 spiro atoms. The van der Waals surface area contributed by atoms with E-state index in [0.29, 0.717) is 12.3 Å². The first-order chi connectivity index (χ1) is 12.2. The summed E-state index contributed by atoms with van der Waals surface area (Å²) in [5.74, 6) is 0.542. The Morgan fingerprint density at radius 1 is 1.16 bits per heavy atom. The molecule has 1 fully saturated rings. The van der Waals surface area contributed by atoms with Gasteiger partial charge in [0, 0.05) is 38.4 Å². The first kappa shape index (κ1) is 17.8. The van der Waals surface area contributed by atoms with E-state index >= 15 is 0 Å². The van der Waals surface area contributed by atoms with Gasteiger partial charge in [-0.1, -0.05) is 18.2 Å². The number of rotatable bonds is 5. The van der Waals surface area contributed by atoms with Crippen LogP contribution in [0, 0.1) is 0 Å². The van der Waals surface area contributed by atoms with Crippen LogP contribution in [0.3, 0.4) is 0 Å². The van der Waals surface area contributed by atoms with Gasteiger partial charge < -0.3 is 14.9 Å². The molecule has 3 rings (SSSR count). The maximum atomic E-state index is 12.7. The van der Waals surface area contributed by atoms with Crippen molar-refractivity contribution in [3.8, 4) is 5.75 Å². The third-order valence-electron chi connectivity index (χ3n) is 5.18. The molecule has 5 heteroatoms. The number of phenolic OH excluding ortho intramolecular Hbond substituents is 1. The molecule has 0 saturated carbocycles. The lowest BCUT2D eigenvalue weighted by molar-refractivity contribution is -0.130. The molecule has 0 unspecified atom stereocenters. The highest BCUT2D eigenvalue weighted by molar-refractivity contribution is 5.80. The van der Waals surface area contributed by atoms with Crippen LogP contribution in [0.1, 0.15) is 32.6 Å². The summed E-state index contributed by atoms with van der Waals surface area (Å²) in [5.41, 5.74) is 2.10. The molecule has 1 saturated heterocycles. The summed E-state index contributed by atoms with van der Waals surface area (Å²) in [7, 11) is 0. The smallest absolute Gasteiger partial charge is 0.240 e. The molecule has 1 heterocycles. The van der Waals surface area contributed by atoms with Crippen molar-refractivity contribution in [2.24, 2.45) is 0 Å². The van der Waals surface area contributed by atoms with Gasteiger partial charge in [-0.25, -0.2) is 0 Å². The molecule has 0 atom stereocenters. The summed E-state index contributed by atoms with van der Waals surface area (Å²) in [4.78, 5) is 19.1. The third kappa shape index (κ3) is 4.34. The molecule has 1 aromatic rings. The van der Waals surface area contributed by atoms with Gasteiger partial charge in [0.05, 0.1) is 12.2 Å². The largest absolute Gasteiger partial charge is 0.506 e. The minimum Gasteiger partial charge on any atom is -0.506 e. The highest BCUT2D eigenvalue weighted by atomic mass is 16.3. The molecule has 2 aliphatic rings. The van der Waals surface area contributed by atoms with Crippen molar-refractivity contribution in [3.63, 3.8) is 0 Å². The van der Waals surface area contributed by atoms with E-state index in [1.54, 1.807) is 6.07 Å². The molecule has 1 N–H and O–H groups in total. The summed E-state index contributed by atoms with van der Waals surface area (Å²) in [5, 5.41) is 10.0. The van der Waals surface area contributed by atoms with Gasteiger partial charge in [-0.3, -0.25) is 9.69 Å². The summed E-state index contributed by atoms with van der Waals surface area (Å²) in [6.45, 7) is 6.65. The van der Waals surface area contributed by atoms with Gasteiger partial charge in [0.15, 0.2) is 0 Å². The van der Waals surface area contributed by atoms with Gasteiger partial charge in [-0.2, -0.15) is 0 Å². The minimum atomic E-state index is 0.214. The van der Waals surface area contributed by atoms with Crippen LogP contribution >= 0.6 is 0 Å². The van der Waals surface area contributed by atoms with Crippen molar-refractivity contribution < 1.29 is 9.90 Å². The average molecular weight is 343 g/mol. The zero-order valence-corrected chi connectivity index (χ0v) is 15.2. The second-order valence-electron chi connectivity index (χ2n) is 6.83. The maximum Gasteiger partial charge on any atom is 0.240 e. The zero-order chi connectivity index (χ0) is 17.6. The number of carbonyl (C=O) groups excluding carboxylic acids is 1. The quantitative estimate of drug-likeness (QED) is 0.893. The second-order valence-corrected chi connectivity index (χ2v) is 6.83. The summed E-state index contributed by atoms with van der Waals surface area (Å²) in [6.07, 6.45) is 6.79. The van der Waals surface area contributed by atoms with Gasteiger partial charge >= 0.3 is 0 Å². The molecule has 25 heavy (non-hydrogen) atoms. The highest BCUT2D eigenvalue weighted by Crippen LogP contribution is 2.27. The number of piperazine rings is 1. The summed E-state index contributed by atoms with van der Waals surface area (Å²) < 4.78 is 0. The van der Waals surface area contributed by atoms with Gasteiger partial charge in [0.2, 0.25) is 5.91 Å². The summed E-state index contributed by atoms with van der Waals surface area (Å²) in [6, 6.07) is 7.46. The predicted octanol–water partition coefficient (Wildman–Crippen LogP) is 2.82. The van der Waals surface area contributed by atoms with Gasteiger partial charge in [0.1, 0.15) is 5.75 Å². The monoisotopic (exact) mass is 343 g/mol. The number of hydrogen-bond donors (Lipinski definition) is 1. The SMILES string of the molecule is CCN(C(=O)CN1CCN(c2ccccc2O)CC1)C1=CCCCC1. The number of hydrogen-bond acceptors (Lipinski definition) is 4. The molecule has 0 bridgehead atoms. The van der Waals surface area contributed by atoms with E-state index in [-0.39, 0.29) is 5.91 Å². The molecule has 5 nitrogen and oxygen atoms in total. The molecule has 0 radical (unpaired) electrons. The van der Waals surface area contributed by atoms with E-state index in [0.717, 1.165) is 51.3 Å². The molecule has 136 valence electrons. The summed E-state index contributed by atoms with van der Waals surface area (Å²) >= 11 is 0. The third-order valence-corrected chi connectivity index (χ3v) is 5.18. The van der Waals surface area contributed by atoms with Crippen LogP contribution in [0.25, 0.3) is 0 Å². The van der Waals surface area contributed by atoms with Crippen LogP contribution in [0.15, 0.2) is 36.0 Å². The molecule has 1 aliphatic carbocycles. The first-order valence-electron chi connectivity index (χ1n) is 9.43. The first-order valence-corrected chi connectivity index (χ1v) is 9.43. The number of benzene rings is 1. The molecule has 1 aromatic carbocycles. The topological polar surface area (TPSA) is 47.0 Å². The number of likely N-dealkylation sites (N-methyl/N-ethyl adjacent to an activating group) is 1. The lowest BCUT2D eigenvalue weighted by atomic mass is 10.0. The number of anilines is 1. The number of nitrogens with zero attached hydrogens (tertiary/aromatic N) is 3. The van der Waals surface area contributed by atoms with Crippen LogP contribution in [0.5, 0.6) is 5.75 Å². The Morgan fingerprint density at radius 2 is 1.92 bits per heavy atom. The Kier molecular flexibility index (Phi) is 5.97.